The zero-order valence-electron chi connectivity index (χ0n) is 22.7. The van der Waals surface area contributed by atoms with Crippen molar-refractivity contribution in [1.82, 2.24) is 14.9 Å². The van der Waals surface area contributed by atoms with Crippen molar-refractivity contribution in [3.63, 3.8) is 0 Å². The first kappa shape index (κ1) is 27.9. The van der Waals surface area contributed by atoms with Crippen LogP contribution in [0.15, 0.2) is 30.3 Å². The van der Waals surface area contributed by atoms with Gasteiger partial charge in [0.25, 0.3) is 0 Å². The summed E-state index contributed by atoms with van der Waals surface area (Å²) in [4.78, 5) is 15.0. The Bertz CT molecular complexity index is 1490. The molecular formula is C29H35F3N4O2S2. The molecule has 4 heterocycles. The van der Waals surface area contributed by atoms with Crippen LogP contribution in [-0.2, 0) is 35.0 Å². The summed E-state index contributed by atoms with van der Waals surface area (Å²) in [7, 11) is -3.05. The monoisotopic (exact) mass is 592 g/mol. The largest absolute Gasteiger partial charge is 0.393 e. The zero-order chi connectivity index (χ0) is 28.1. The van der Waals surface area contributed by atoms with Crippen LogP contribution in [0.4, 0.5) is 19.0 Å². The van der Waals surface area contributed by atoms with Gasteiger partial charge in [0.2, 0.25) is 0 Å². The fourth-order valence-corrected chi connectivity index (χ4v) is 9.19. The number of aryl methyl sites for hydroxylation is 1. The summed E-state index contributed by atoms with van der Waals surface area (Å²) in [5.74, 6) is 2.23. The number of thiophene rings is 1. The molecule has 1 aromatic carbocycles. The molecule has 1 spiro atoms. The molecule has 1 atom stereocenters. The Morgan fingerprint density at radius 3 is 2.48 bits per heavy atom. The number of fused-ring (bicyclic) bond motifs is 1. The number of benzene rings is 1. The summed E-state index contributed by atoms with van der Waals surface area (Å²) in [6.45, 7) is 6.39. The second-order valence-corrected chi connectivity index (χ2v) is 15.2. The van der Waals surface area contributed by atoms with E-state index in [0.29, 0.717) is 28.7 Å². The number of rotatable bonds is 9. The number of likely N-dealkylation sites (tertiary alicyclic amines) is 1. The highest BCUT2D eigenvalue weighted by Crippen LogP contribution is 2.43. The van der Waals surface area contributed by atoms with E-state index in [-0.39, 0.29) is 16.0 Å². The number of sulfone groups is 1. The topological polar surface area (TPSA) is 66.4 Å². The van der Waals surface area contributed by atoms with Gasteiger partial charge < -0.3 is 4.90 Å². The minimum absolute atomic E-state index is 0.115. The van der Waals surface area contributed by atoms with Gasteiger partial charge in [0.15, 0.2) is 9.84 Å². The van der Waals surface area contributed by atoms with E-state index in [1.54, 1.807) is 6.07 Å². The first-order valence-corrected chi connectivity index (χ1v) is 16.7. The standard InChI is InChI=1S/C29H35F3N4O2S2/c1-2-25-33-26(24-13-23(14-29(30,31)32)39-27(24)34-25)36-12-10-28(19-36)9-11-35(18-28)15-20-3-5-21(6-4-20)16-40(37,38)17-22-7-8-22/h3-6,13,22H,2,7-12,14-19H2,1H3. The molecule has 1 unspecified atom stereocenters. The molecular weight excluding hydrogens is 557 g/mol. The van der Waals surface area contributed by atoms with E-state index in [1.165, 1.54) is 5.56 Å². The van der Waals surface area contributed by atoms with E-state index in [2.05, 4.69) is 14.8 Å². The molecule has 3 fully saturated rings. The molecule has 3 aliphatic rings. The van der Waals surface area contributed by atoms with Crippen molar-refractivity contribution < 1.29 is 21.6 Å². The van der Waals surface area contributed by atoms with E-state index in [9.17, 15) is 21.6 Å². The van der Waals surface area contributed by atoms with Crippen LogP contribution in [0, 0.1) is 11.3 Å². The van der Waals surface area contributed by atoms with E-state index in [1.807, 2.05) is 31.2 Å². The van der Waals surface area contributed by atoms with Crippen molar-refractivity contribution in [3.05, 3.63) is 52.2 Å². The van der Waals surface area contributed by atoms with Crippen LogP contribution >= 0.6 is 11.3 Å². The molecule has 6 nitrogen and oxygen atoms in total. The van der Waals surface area contributed by atoms with Gasteiger partial charge in [0, 0.05) is 42.9 Å². The number of hydrogen-bond donors (Lipinski definition) is 0. The van der Waals surface area contributed by atoms with Crippen molar-refractivity contribution >= 4 is 37.2 Å². The van der Waals surface area contributed by atoms with Gasteiger partial charge in [0.1, 0.15) is 16.5 Å². The fraction of sp³-hybridized carbons (Fsp3) is 0.586. The number of aromatic nitrogens is 2. The first-order chi connectivity index (χ1) is 19.0. The lowest BCUT2D eigenvalue weighted by molar-refractivity contribution is -0.126. The van der Waals surface area contributed by atoms with Gasteiger partial charge in [-0.1, -0.05) is 31.2 Å². The molecule has 0 N–H and O–H groups in total. The normalized spacial score (nSPS) is 22.2. The van der Waals surface area contributed by atoms with Crippen LogP contribution < -0.4 is 4.90 Å². The van der Waals surface area contributed by atoms with Gasteiger partial charge in [-0.2, -0.15) is 13.2 Å². The first-order valence-electron chi connectivity index (χ1n) is 14.1. The Morgan fingerprint density at radius 1 is 1.05 bits per heavy atom. The van der Waals surface area contributed by atoms with Crippen molar-refractivity contribution in [2.75, 3.05) is 36.8 Å². The maximum absolute atomic E-state index is 13.1. The van der Waals surface area contributed by atoms with Gasteiger partial charge >= 0.3 is 6.18 Å². The zero-order valence-corrected chi connectivity index (χ0v) is 24.3. The molecule has 40 heavy (non-hydrogen) atoms. The van der Waals surface area contributed by atoms with E-state index in [0.717, 1.165) is 86.5 Å². The quantitative estimate of drug-likeness (QED) is 0.314. The summed E-state index contributed by atoms with van der Waals surface area (Å²) >= 11 is 1.12. The lowest BCUT2D eigenvalue weighted by Gasteiger charge is -2.25. The second-order valence-electron chi connectivity index (χ2n) is 12.0. The average Bonchev–Trinajstić information content (AvgIpc) is 3.27. The molecule has 0 amide bonds. The summed E-state index contributed by atoms with van der Waals surface area (Å²) in [5.41, 5.74) is 2.16. The molecule has 0 bridgehead atoms. The Balaban J connectivity index is 1.11. The Labute approximate surface area is 237 Å². The van der Waals surface area contributed by atoms with Gasteiger partial charge in [-0.3, -0.25) is 4.90 Å². The lowest BCUT2D eigenvalue weighted by atomic mass is 9.86. The van der Waals surface area contributed by atoms with Crippen LogP contribution in [0.25, 0.3) is 10.2 Å². The lowest BCUT2D eigenvalue weighted by Crippen LogP contribution is -2.31. The fourth-order valence-electron chi connectivity index (χ4n) is 6.25. The number of nitrogens with zero attached hydrogens (tertiary/aromatic N) is 4. The molecule has 2 aromatic heterocycles. The number of alkyl halides is 3. The summed E-state index contributed by atoms with van der Waals surface area (Å²) in [6, 6.07) is 9.62. The van der Waals surface area contributed by atoms with Gasteiger partial charge in [0.05, 0.1) is 23.3 Å². The maximum atomic E-state index is 13.1. The Morgan fingerprint density at radius 2 is 1.77 bits per heavy atom. The molecule has 2 saturated heterocycles. The molecule has 3 aromatic rings. The highest BCUT2D eigenvalue weighted by molar-refractivity contribution is 7.90. The van der Waals surface area contributed by atoms with Crippen LogP contribution in [0.2, 0.25) is 0 Å². The van der Waals surface area contributed by atoms with E-state index < -0.39 is 22.4 Å². The SMILES string of the molecule is CCc1nc(N2CCC3(CCN(Cc4ccc(CS(=O)(=O)CC5CC5)cc4)C3)C2)c2cc(CC(F)(F)F)sc2n1. The summed E-state index contributed by atoms with van der Waals surface area (Å²) in [5, 5.41) is 0.729. The highest BCUT2D eigenvalue weighted by Gasteiger charge is 2.44. The Kier molecular flexibility index (Phi) is 7.36. The summed E-state index contributed by atoms with van der Waals surface area (Å²) in [6.07, 6.45) is -0.396. The molecule has 6 rings (SSSR count). The minimum Gasteiger partial charge on any atom is -0.355 e. The number of hydrogen-bond acceptors (Lipinski definition) is 7. The number of halogens is 3. The minimum atomic E-state index is -4.25. The molecule has 2 aliphatic heterocycles. The van der Waals surface area contributed by atoms with Gasteiger partial charge in [-0.15, -0.1) is 11.3 Å². The second kappa shape index (κ2) is 10.5. The molecule has 1 aliphatic carbocycles. The third kappa shape index (κ3) is 6.46. The Hall–Kier alpha value is -2.24. The van der Waals surface area contributed by atoms with Crippen LogP contribution in [0.3, 0.4) is 0 Å². The van der Waals surface area contributed by atoms with Crippen LogP contribution in [0.1, 0.15) is 54.4 Å². The predicted octanol–water partition coefficient (Wildman–Crippen LogP) is 5.79. The van der Waals surface area contributed by atoms with Crippen molar-refractivity contribution in [2.45, 2.75) is 63.9 Å². The predicted molar refractivity (Wildman–Crippen MR) is 152 cm³/mol. The van der Waals surface area contributed by atoms with E-state index in [4.69, 9.17) is 4.98 Å². The smallest absolute Gasteiger partial charge is 0.355 e. The maximum Gasteiger partial charge on any atom is 0.393 e. The van der Waals surface area contributed by atoms with Crippen molar-refractivity contribution in [1.29, 1.82) is 0 Å². The molecule has 11 heteroatoms. The summed E-state index contributed by atoms with van der Waals surface area (Å²) < 4.78 is 64.0. The van der Waals surface area contributed by atoms with Crippen molar-refractivity contribution in [2.24, 2.45) is 11.3 Å². The van der Waals surface area contributed by atoms with Crippen LogP contribution in [0.5, 0.6) is 0 Å². The molecule has 0 radical (unpaired) electrons. The van der Waals surface area contributed by atoms with Crippen molar-refractivity contribution in [3.8, 4) is 0 Å². The van der Waals surface area contributed by atoms with Gasteiger partial charge in [-0.05, 0) is 55.3 Å². The molecule has 1 saturated carbocycles. The van der Waals surface area contributed by atoms with E-state index >= 15 is 0 Å². The highest BCUT2D eigenvalue weighted by atomic mass is 32.2. The van der Waals surface area contributed by atoms with Crippen LogP contribution in [-0.4, -0.2) is 61.4 Å². The third-order valence-corrected chi connectivity index (χ3v) is 11.2. The number of anilines is 1. The molecule has 216 valence electrons. The third-order valence-electron chi connectivity index (χ3n) is 8.42. The average molecular weight is 593 g/mol. The van der Waals surface area contributed by atoms with Gasteiger partial charge in [-0.25, -0.2) is 18.4 Å².